The average molecular weight is 512 g/mol. The van der Waals surface area contributed by atoms with Gasteiger partial charge in [0.2, 0.25) is 11.8 Å². The summed E-state index contributed by atoms with van der Waals surface area (Å²) >= 11 is 0. The van der Waals surface area contributed by atoms with Crippen LogP contribution >= 0.6 is 0 Å². The van der Waals surface area contributed by atoms with Gasteiger partial charge in [0.15, 0.2) is 17.3 Å². The molecule has 37 heavy (non-hydrogen) atoms. The van der Waals surface area contributed by atoms with Gasteiger partial charge in [0, 0.05) is 29.8 Å². The summed E-state index contributed by atoms with van der Waals surface area (Å²) in [6.45, 7) is 0. The maximum absolute atomic E-state index is 14.7. The Kier molecular flexibility index (Phi) is 7.37. The molecule has 0 radical (unpaired) electrons. The Morgan fingerprint density at radius 3 is 2.27 bits per heavy atom. The molecule has 0 aliphatic rings. The first-order chi connectivity index (χ1) is 17.8. The highest BCUT2D eigenvalue weighted by Crippen LogP contribution is 2.37. The van der Waals surface area contributed by atoms with Crippen LogP contribution in [0.5, 0.6) is 23.1 Å². The van der Waals surface area contributed by atoms with Gasteiger partial charge in [-0.05, 0) is 24.3 Å². The van der Waals surface area contributed by atoms with Crippen molar-refractivity contribution >= 4 is 34.1 Å². The molecule has 0 saturated carbocycles. The number of amides is 2. The lowest BCUT2D eigenvalue weighted by Crippen LogP contribution is -2.22. The van der Waals surface area contributed by atoms with Gasteiger partial charge in [0.25, 0.3) is 5.88 Å². The van der Waals surface area contributed by atoms with E-state index in [0.29, 0.717) is 28.5 Å². The first-order valence-electron chi connectivity index (χ1n) is 10.7. The lowest BCUT2D eigenvalue weighted by atomic mass is 10.2. The van der Waals surface area contributed by atoms with Crippen molar-refractivity contribution in [2.45, 2.75) is 6.42 Å². The number of rotatable bonds is 8. The van der Waals surface area contributed by atoms with Gasteiger partial charge in [-0.1, -0.05) is 0 Å². The van der Waals surface area contributed by atoms with E-state index in [1.807, 2.05) is 0 Å². The Morgan fingerprint density at radius 1 is 0.838 bits per heavy atom. The predicted octanol–water partition coefficient (Wildman–Crippen LogP) is 4.82. The topological polar surface area (TPSA) is 112 Å². The molecule has 2 aromatic heterocycles. The molecule has 4 aromatic rings. The minimum absolute atomic E-state index is 0.0402. The molecular formula is C25H19F3N4O5. The summed E-state index contributed by atoms with van der Waals surface area (Å²) in [4.78, 5) is 32.3. The summed E-state index contributed by atoms with van der Waals surface area (Å²) in [7, 11) is 2.96. The van der Waals surface area contributed by atoms with E-state index < -0.39 is 35.7 Å². The molecule has 0 spiro atoms. The maximum atomic E-state index is 14.7. The van der Waals surface area contributed by atoms with Crippen LogP contribution in [0.25, 0.3) is 10.9 Å². The van der Waals surface area contributed by atoms with Crippen LogP contribution in [-0.4, -0.2) is 36.0 Å². The highest BCUT2D eigenvalue weighted by Gasteiger charge is 2.16. The molecule has 0 unspecified atom stereocenters. The van der Waals surface area contributed by atoms with E-state index in [-0.39, 0.29) is 23.0 Å². The molecule has 0 atom stereocenters. The predicted molar refractivity (Wildman–Crippen MR) is 127 cm³/mol. The molecule has 2 amide bonds. The highest BCUT2D eigenvalue weighted by molar-refractivity contribution is 6.08. The number of anilines is 2. The lowest BCUT2D eigenvalue weighted by molar-refractivity contribution is -0.123. The Morgan fingerprint density at radius 2 is 1.57 bits per heavy atom. The third kappa shape index (κ3) is 5.86. The van der Waals surface area contributed by atoms with Crippen molar-refractivity contribution in [1.29, 1.82) is 0 Å². The number of pyridine rings is 2. The van der Waals surface area contributed by atoms with Gasteiger partial charge in [0.1, 0.15) is 23.8 Å². The number of nitrogens with one attached hydrogen (secondary N) is 2. The van der Waals surface area contributed by atoms with Crippen LogP contribution in [0.2, 0.25) is 0 Å². The first-order valence-corrected chi connectivity index (χ1v) is 10.7. The van der Waals surface area contributed by atoms with Gasteiger partial charge in [-0.15, -0.1) is 0 Å². The number of methoxy groups -OCH3 is 2. The normalized spacial score (nSPS) is 10.6. The van der Waals surface area contributed by atoms with Gasteiger partial charge in [-0.3, -0.25) is 14.6 Å². The number of hydrogen-bond donors (Lipinski definition) is 2. The number of nitrogens with zero attached hydrogens (tertiary/aromatic N) is 2. The van der Waals surface area contributed by atoms with Gasteiger partial charge in [-0.25, -0.2) is 18.2 Å². The highest BCUT2D eigenvalue weighted by atomic mass is 19.1. The van der Waals surface area contributed by atoms with Gasteiger partial charge < -0.3 is 24.8 Å². The van der Waals surface area contributed by atoms with Gasteiger partial charge in [0.05, 0.1) is 37.3 Å². The van der Waals surface area contributed by atoms with Crippen molar-refractivity contribution in [3.63, 3.8) is 0 Å². The zero-order chi connectivity index (χ0) is 26.5. The minimum atomic E-state index is -0.991. The number of carbonyl (C=O) groups excluding carboxylic acids is 2. The fourth-order valence-corrected chi connectivity index (χ4v) is 3.35. The Hall–Kier alpha value is -4.87. The quantitative estimate of drug-likeness (QED) is 0.326. The maximum Gasteiger partial charge on any atom is 0.256 e. The van der Waals surface area contributed by atoms with E-state index in [0.717, 1.165) is 24.4 Å². The lowest BCUT2D eigenvalue weighted by Gasteiger charge is -2.12. The molecule has 2 heterocycles. The van der Waals surface area contributed by atoms with Crippen molar-refractivity contribution in [2.75, 3.05) is 24.9 Å². The number of hydrogen-bond acceptors (Lipinski definition) is 7. The zero-order valence-corrected chi connectivity index (χ0v) is 19.5. The van der Waals surface area contributed by atoms with Gasteiger partial charge >= 0.3 is 0 Å². The van der Waals surface area contributed by atoms with Crippen molar-refractivity contribution in [1.82, 2.24) is 9.97 Å². The molecule has 4 rings (SSSR count). The van der Waals surface area contributed by atoms with Gasteiger partial charge in [-0.2, -0.15) is 0 Å². The monoisotopic (exact) mass is 512 g/mol. The number of aromatic nitrogens is 2. The second-order valence-corrected chi connectivity index (χ2v) is 7.54. The van der Waals surface area contributed by atoms with Crippen molar-refractivity contribution in [3.8, 4) is 23.1 Å². The molecule has 0 aliphatic carbocycles. The van der Waals surface area contributed by atoms with Crippen LogP contribution in [0.15, 0.2) is 54.9 Å². The van der Waals surface area contributed by atoms with Crippen LogP contribution in [0.3, 0.4) is 0 Å². The largest absolute Gasteiger partial charge is 0.493 e. The zero-order valence-electron chi connectivity index (χ0n) is 19.5. The number of halogens is 3. The summed E-state index contributed by atoms with van der Waals surface area (Å²) in [5.74, 6) is -3.60. The molecule has 12 heteroatoms. The van der Waals surface area contributed by atoms with Crippen LogP contribution < -0.4 is 24.8 Å². The van der Waals surface area contributed by atoms with Crippen LogP contribution in [-0.2, 0) is 9.59 Å². The van der Waals surface area contributed by atoms with Crippen molar-refractivity contribution in [3.05, 3.63) is 72.3 Å². The summed E-state index contributed by atoms with van der Waals surface area (Å²) in [5.41, 5.74) is 0.188. The summed E-state index contributed by atoms with van der Waals surface area (Å²) < 4.78 is 57.6. The third-order valence-electron chi connectivity index (χ3n) is 5.03. The van der Waals surface area contributed by atoms with Crippen molar-refractivity contribution in [2.24, 2.45) is 0 Å². The number of benzene rings is 2. The average Bonchev–Trinajstić information content (AvgIpc) is 2.86. The molecule has 0 fully saturated rings. The van der Waals surface area contributed by atoms with Crippen LogP contribution in [0, 0.1) is 17.5 Å². The second-order valence-electron chi connectivity index (χ2n) is 7.54. The SMILES string of the molecule is COc1cc2nccc(Oc3ncc(NC(=O)CC(=O)Nc4ccc(F)cc4F)cc3F)c2cc1OC. The van der Waals surface area contributed by atoms with E-state index in [1.54, 1.807) is 12.1 Å². The first kappa shape index (κ1) is 25.2. The number of carbonyl (C=O) groups is 2. The van der Waals surface area contributed by atoms with E-state index in [2.05, 4.69) is 20.6 Å². The number of ether oxygens (including phenoxy) is 3. The fourth-order valence-electron chi connectivity index (χ4n) is 3.35. The standard InChI is InChI=1S/C25H19F3N4O5/c1-35-21-9-15-19(10-22(21)36-2)29-6-5-20(15)37-25-17(28)8-14(12-30-25)31-23(33)11-24(34)32-18-4-3-13(26)7-16(18)27/h3-10,12H,11H2,1-2H3,(H,31,33)(H,32,34). The van der Waals surface area contributed by atoms with Crippen LogP contribution in [0.4, 0.5) is 24.5 Å². The molecule has 190 valence electrons. The molecule has 0 bridgehead atoms. The summed E-state index contributed by atoms with van der Waals surface area (Å²) in [5, 5.41) is 4.99. The van der Waals surface area contributed by atoms with E-state index in [4.69, 9.17) is 14.2 Å². The Labute approximate surface area is 208 Å². The van der Waals surface area contributed by atoms with E-state index in [9.17, 15) is 22.8 Å². The fraction of sp³-hybridized carbons (Fsp3) is 0.120. The third-order valence-corrected chi connectivity index (χ3v) is 5.03. The Bertz CT molecular complexity index is 1500. The number of fused-ring (bicyclic) bond motifs is 1. The molecule has 0 saturated heterocycles. The molecule has 2 N–H and O–H groups in total. The molecular weight excluding hydrogens is 493 g/mol. The molecule has 2 aromatic carbocycles. The molecule has 9 nitrogen and oxygen atoms in total. The smallest absolute Gasteiger partial charge is 0.256 e. The summed E-state index contributed by atoms with van der Waals surface area (Å²) in [6.07, 6.45) is 1.91. The Balaban J connectivity index is 1.44. The van der Waals surface area contributed by atoms with Crippen molar-refractivity contribution < 1.29 is 37.0 Å². The van der Waals surface area contributed by atoms with Crippen LogP contribution in [0.1, 0.15) is 6.42 Å². The second kappa shape index (κ2) is 10.8. The summed E-state index contributed by atoms with van der Waals surface area (Å²) in [6, 6.07) is 8.33. The van der Waals surface area contributed by atoms with E-state index >= 15 is 0 Å². The van der Waals surface area contributed by atoms with E-state index in [1.165, 1.54) is 26.5 Å². The minimum Gasteiger partial charge on any atom is -0.493 e. The molecule has 0 aliphatic heterocycles.